The van der Waals surface area contributed by atoms with Gasteiger partial charge in [-0.05, 0) is 45.7 Å². The van der Waals surface area contributed by atoms with Crippen LogP contribution in [-0.4, -0.2) is 38.5 Å². The number of nitro groups is 1. The summed E-state index contributed by atoms with van der Waals surface area (Å²) in [5.74, 6) is 0. The number of amides is 1. The van der Waals surface area contributed by atoms with E-state index >= 15 is 0 Å². The minimum atomic E-state index is -2.50. The van der Waals surface area contributed by atoms with Gasteiger partial charge in [-0.3, -0.25) is 14.3 Å². The first kappa shape index (κ1) is 20.8. The molecule has 1 aromatic carbocycles. The molecule has 0 aliphatic carbocycles. The van der Waals surface area contributed by atoms with Crippen LogP contribution in [0.4, 0.5) is 16.2 Å². The molecule has 25 heavy (non-hydrogen) atoms. The van der Waals surface area contributed by atoms with E-state index in [9.17, 15) is 23.7 Å². The number of alkyl carbamates (subject to hydrolysis) is 1. The molecular weight excluding hydrogens is 350 g/mol. The van der Waals surface area contributed by atoms with Crippen molar-refractivity contribution in [3.8, 4) is 0 Å². The predicted octanol–water partition coefficient (Wildman–Crippen LogP) is 2.50. The second-order valence-electron chi connectivity index (χ2n) is 6.23. The van der Waals surface area contributed by atoms with E-state index in [1.807, 2.05) is 0 Å². The minimum Gasteiger partial charge on any atom is -0.755 e. The number of anilines is 1. The number of nitrogens with zero attached hydrogens (tertiary/aromatic N) is 2. The SMILES string of the molecule is CC(C)(C)OC(=O)NCCCCN(c1ccc([N+](=O)[O-])cc1)S(=O)[O-]. The monoisotopic (exact) mass is 372 g/mol. The summed E-state index contributed by atoms with van der Waals surface area (Å²) in [5.41, 5.74) is -0.336. The first-order valence-electron chi connectivity index (χ1n) is 7.68. The van der Waals surface area contributed by atoms with Crippen LogP contribution in [-0.2, 0) is 16.0 Å². The lowest BCUT2D eigenvalue weighted by molar-refractivity contribution is -0.384. The number of unbranched alkanes of at least 4 members (excludes halogenated alkanes) is 1. The molecule has 0 bridgehead atoms. The highest BCUT2D eigenvalue weighted by atomic mass is 32.2. The largest absolute Gasteiger partial charge is 0.755 e. The maximum Gasteiger partial charge on any atom is 0.407 e. The Bertz CT molecular complexity index is 615. The van der Waals surface area contributed by atoms with Crippen molar-refractivity contribution in [3.63, 3.8) is 0 Å². The molecule has 1 amide bonds. The van der Waals surface area contributed by atoms with Gasteiger partial charge in [0.2, 0.25) is 0 Å². The maximum absolute atomic E-state index is 11.5. The molecule has 0 saturated carbocycles. The van der Waals surface area contributed by atoms with E-state index in [2.05, 4.69) is 5.32 Å². The van der Waals surface area contributed by atoms with E-state index < -0.39 is 27.9 Å². The molecule has 1 aromatic rings. The van der Waals surface area contributed by atoms with Gasteiger partial charge in [-0.25, -0.2) is 4.79 Å². The van der Waals surface area contributed by atoms with E-state index in [0.29, 0.717) is 25.1 Å². The van der Waals surface area contributed by atoms with Gasteiger partial charge >= 0.3 is 6.09 Å². The Balaban J connectivity index is 2.45. The zero-order chi connectivity index (χ0) is 19.0. The average Bonchev–Trinajstić information content (AvgIpc) is 2.48. The molecule has 0 aromatic heterocycles. The summed E-state index contributed by atoms with van der Waals surface area (Å²) >= 11 is -2.50. The summed E-state index contributed by atoms with van der Waals surface area (Å²) in [6.07, 6.45) is 0.535. The third-order valence-corrected chi connectivity index (χ3v) is 3.74. The van der Waals surface area contributed by atoms with Gasteiger partial charge in [0.1, 0.15) is 5.60 Å². The number of non-ortho nitro benzene ring substituents is 1. The van der Waals surface area contributed by atoms with Crippen LogP contribution in [0, 0.1) is 10.1 Å². The van der Waals surface area contributed by atoms with Gasteiger partial charge in [0.25, 0.3) is 5.69 Å². The fourth-order valence-electron chi connectivity index (χ4n) is 1.92. The zero-order valence-corrected chi connectivity index (χ0v) is 15.2. The second-order valence-corrected chi connectivity index (χ2v) is 7.10. The van der Waals surface area contributed by atoms with Crippen molar-refractivity contribution in [2.24, 2.45) is 0 Å². The van der Waals surface area contributed by atoms with Gasteiger partial charge in [-0.2, -0.15) is 0 Å². The van der Waals surface area contributed by atoms with Crippen molar-refractivity contribution in [1.29, 1.82) is 0 Å². The Morgan fingerprint density at radius 2 is 1.88 bits per heavy atom. The molecule has 0 heterocycles. The van der Waals surface area contributed by atoms with Crippen molar-refractivity contribution in [1.82, 2.24) is 5.32 Å². The van der Waals surface area contributed by atoms with Crippen molar-refractivity contribution in [2.75, 3.05) is 17.4 Å². The number of carbonyl (C=O) groups is 1. The number of nitro benzene ring substituents is 1. The summed E-state index contributed by atoms with van der Waals surface area (Å²) in [7, 11) is 0. The van der Waals surface area contributed by atoms with Gasteiger partial charge in [0, 0.05) is 42.2 Å². The fourth-order valence-corrected chi connectivity index (χ4v) is 2.49. The number of rotatable bonds is 8. The molecular formula is C15H22N3O6S-. The number of hydrogen-bond donors (Lipinski definition) is 1. The van der Waals surface area contributed by atoms with E-state index in [0.717, 1.165) is 4.31 Å². The van der Waals surface area contributed by atoms with Crippen LogP contribution in [0.3, 0.4) is 0 Å². The fraction of sp³-hybridized carbons (Fsp3) is 0.533. The number of nitrogens with one attached hydrogen (secondary N) is 1. The van der Waals surface area contributed by atoms with Gasteiger partial charge in [0.05, 0.1) is 4.92 Å². The Morgan fingerprint density at radius 1 is 1.28 bits per heavy atom. The molecule has 0 aliphatic heterocycles. The van der Waals surface area contributed by atoms with Gasteiger partial charge in [0.15, 0.2) is 0 Å². The van der Waals surface area contributed by atoms with Gasteiger partial charge < -0.3 is 18.9 Å². The molecule has 1 atom stereocenters. The molecule has 0 spiro atoms. The summed E-state index contributed by atoms with van der Waals surface area (Å²) < 4.78 is 28.9. The van der Waals surface area contributed by atoms with Gasteiger partial charge in [-0.1, -0.05) is 0 Å². The number of carbonyl (C=O) groups excluding carboxylic acids is 1. The minimum absolute atomic E-state index is 0.109. The molecule has 0 aliphatic rings. The van der Waals surface area contributed by atoms with Crippen molar-refractivity contribution in [2.45, 2.75) is 39.2 Å². The van der Waals surface area contributed by atoms with Crippen LogP contribution in [0.2, 0.25) is 0 Å². The molecule has 1 rings (SSSR count). The van der Waals surface area contributed by atoms with E-state index in [1.54, 1.807) is 20.8 Å². The van der Waals surface area contributed by atoms with Gasteiger partial charge in [-0.15, -0.1) is 0 Å². The van der Waals surface area contributed by atoms with Crippen LogP contribution in [0.5, 0.6) is 0 Å². The molecule has 10 heteroatoms. The molecule has 0 fully saturated rings. The lowest BCUT2D eigenvalue weighted by atomic mass is 10.2. The van der Waals surface area contributed by atoms with Crippen molar-refractivity contribution < 1.29 is 23.2 Å². The Morgan fingerprint density at radius 3 is 2.36 bits per heavy atom. The Hall–Kier alpha value is -2.20. The van der Waals surface area contributed by atoms with E-state index in [1.165, 1.54) is 24.3 Å². The molecule has 140 valence electrons. The summed E-state index contributed by atoms with van der Waals surface area (Å²) in [5, 5.41) is 13.2. The highest BCUT2D eigenvalue weighted by Gasteiger charge is 2.15. The smallest absolute Gasteiger partial charge is 0.407 e. The quantitative estimate of drug-likeness (QED) is 0.323. The molecule has 1 N–H and O–H groups in total. The zero-order valence-electron chi connectivity index (χ0n) is 14.4. The Kier molecular flexibility index (Phi) is 7.78. The van der Waals surface area contributed by atoms with E-state index in [4.69, 9.17) is 4.74 Å². The summed E-state index contributed by atoms with van der Waals surface area (Å²) in [6.45, 7) is 5.84. The lowest BCUT2D eigenvalue weighted by Gasteiger charge is -2.26. The van der Waals surface area contributed by atoms with Crippen molar-refractivity contribution >= 4 is 28.7 Å². The molecule has 1 unspecified atom stereocenters. The summed E-state index contributed by atoms with van der Waals surface area (Å²) in [4.78, 5) is 21.6. The van der Waals surface area contributed by atoms with Crippen LogP contribution >= 0.6 is 0 Å². The van der Waals surface area contributed by atoms with Crippen LogP contribution < -0.4 is 9.62 Å². The molecule has 0 saturated heterocycles. The topological polar surface area (TPSA) is 125 Å². The number of hydrogen-bond acceptors (Lipinski definition) is 6. The second kappa shape index (κ2) is 9.33. The predicted molar refractivity (Wildman–Crippen MR) is 92.8 cm³/mol. The first-order valence-corrected chi connectivity index (χ1v) is 8.71. The van der Waals surface area contributed by atoms with E-state index in [-0.39, 0.29) is 12.2 Å². The molecule has 0 radical (unpaired) electrons. The highest BCUT2D eigenvalue weighted by molar-refractivity contribution is 7.80. The summed E-state index contributed by atoms with van der Waals surface area (Å²) in [6, 6.07) is 5.26. The average molecular weight is 372 g/mol. The Labute approximate surface area is 148 Å². The third kappa shape index (κ3) is 7.94. The number of ether oxygens (including phenoxy) is 1. The third-order valence-electron chi connectivity index (χ3n) is 2.98. The van der Waals surface area contributed by atoms with Crippen molar-refractivity contribution in [3.05, 3.63) is 34.4 Å². The lowest BCUT2D eigenvalue weighted by Crippen LogP contribution is -2.33. The molecule has 9 nitrogen and oxygen atoms in total. The highest BCUT2D eigenvalue weighted by Crippen LogP contribution is 2.20. The number of benzene rings is 1. The van der Waals surface area contributed by atoms with Crippen LogP contribution in [0.1, 0.15) is 33.6 Å². The van der Waals surface area contributed by atoms with Crippen LogP contribution in [0.15, 0.2) is 24.3 Å². The first-order chi connectivity index (χ1) is 11.6. The standard InChI is InChI=1S/C15H23N3O6S/c1-15(2,3)24-14(19)16-10-4-5-11-17(25(22)23)12-6-8-13(9-7-12)18(20)21/h6-9H,4-5,10-11H2,1-3H3,(H,16,19)(H,22,23)/p-1. The maximum atomic E-state index is 11.5. The van der Waals surface area contributed by atoms with Crippen LogP contribution in [0.25, 0.3) is 0 Å². The normalized spacial score (nSPS) is 12.3.